The number of hydrogen-bond donors (Lipinski definition) is 0. The van der Waals surface area contributed by atoms with E-state index in [1.165, 1.54) is 25.7 Å². The van der Waals surface area contributed by atoms with E-state index in [0.717, 1.165) is 11.8 Å². The zero-order chi connectivity index (χ0) is 6.69. The van der Waals surface area contributed by atoms with Crippen LogP contribution < -0.4 is 0 Å². The van der Waals surface area contributed by atoms with Crippen molar-refractivity contribution in [3.05, 3.63) is 0 Å². The zero-order valence-corrected chi connectivity index (χ0v) is 6.79. The SMILES string of the molecule is CC1CCC(CC=S)C1. The van der Waals surface area contributed by atoms with Crippen molar-refractivity contribution in [1.82, 2.24) is 0 Å². The summed E-state index contributed by atoms with van der Waals surface area (Å²) in [5.74, 6) is 1.89. The van der Waals surface area contributed by atoms with Gasteiger partial charge in [0.15, 0.2) is 0 Å². The molecular formula is C8H14S. The minimum atomic E-state index is 0.928. The molecule has 0 aromatic rings. The van der Waals surface area contributed by atoms with Crippen molar-refractivity contribution in [2.45, 2.75) is 32.6 Å². The van der Waals surface area contributed by atoms with Gasteiger partial charge in [-0.05, 0) is 36.5 Å². The van der Waals surface area contributed by atoms with E-state index in [-0.39, 0.29) is 0 Å². The third kappa shape index (κ3) is 2.05. The molecule has 0 aromatic carbocycles. The molecule has 1 rings (SSSR count). The first kappa shape index (κ1) is 7.20. The first-order valence-electron chi connectivity index (χ1n) is 3.76. The maximum Gasteiger partial charge on any atom is -0.0208 e. The molecule has 1 aliphatic rings. The maximum atomic E-state index is 4.80. The predicted molar refractivity (Wildman–Crippen MR) is 44.8 cm³/mol. The standard InChI is InChI=1S/C8H14S/c1-7-2-3-8(6-7)4-5-9/h5,7-8H,2-4,6H2,1H3. The van der Waals surface area contributed by atoms with Gasteiger partial charge in [0.1, 0.15) is 0 Å². The fraction of sp³-hybridized carbons (Fsp3) is 0.875. The van der Waals surface area contributed by atoms with Crippen LogP contribution in [0.5, 0.6) is 0 Å². The summed E-state index contributed by atoms with van der Waals surface area (Å²) in [7, 11) is 0. The largest absolute Gasteiger partial charge is 0.0935 e. The Morgan fingerprint density at radius 3 is 2.78 bits per heavy atom. The molecule has 0 aromatic heterocycles. The van der Waals surface area contributed by atoms with E-state index in [1.807, 2.05) is 5.37 Å². The van der Waals surface area contributed by atoms with Gasteiger partial charge in [0, 0.05) is 0 Å². The summed E-state index contributed by atoms with van der Waals surface area (Å²) in [6.07, 6.45) is 5.41. The summed E-state index contributed by atoms with van der Waals surface area (Å²) in [4.78, 5) is 0. The Morgan fingerprint density at radius 2 is 2.33 bits per heavy atom. The highest BCUT2D eigenvalue weighted by atomic mass is 32.1. The van der Waals surface area contributed by atoms with Gasteiger partial charge in [-0.1, -0.05) is 25.6 Å². The van der Waals surface area contributed by atoms with Crippen LogP contribution in [0, 0.1) is 11.8 Å². The molecule has 9 heavy (non-hydrogen) atoms. The molecule has 1 fully saturated rings. The van der Waals surface area contributed by atoms with Crippen molar-refractivity contribution >= 4 is 17.6 Å². The van der Waals surface area contributed by atoms with Gasteiger partial charge < -0.3 is 0 Å². The predicted octanol–water partition coefficient (Wildman–Crippen LogP) is 2.81. The Balaban J connectivity index is 2.21. The average molecular weight is 142 g/mol. The van der Waals surface area contributed by atoms with Gasteiger partial charge in [0.05, 0.1) is 0 Å². The monoisotopic (exact) mass is 142 g/mol. The van der Waals surface area contributed by atoms with Gasteiger partial charge in [-0.25, -0.2) is 0 Å². The fourth-order valence-corrected chi connectivity index (χ4v) is 1.95. The summed E-state index contributed by atoms with van der Waals surface area (Å²) >= 11 is 4.80. The van der Waals surface area contributed by atoms with Gasteiger partial charge in [0.25, 0.3) is 0 Å². The van der Waals surface area contributed by atoms with Crippen LogP contribution in [0.15, 0.2) is 0 Å². The van der Waals surface area contributed by atoms with E-state index in [0.29, 0.717) is 0 Å². The zero-order valence-electron chi connectivity index (χ0n) is 5.97. The van der Waals surface area contributed by atoms with Crippen LogP contribution in [0.1, 0.15) is 32.6 Å². The Morgan fingerprint density at radius 1 is 1.56 bits per heavy atom. The van der Waals surface area contributed by atoms with E-state index in [4.69, 9.17) is 12.2 Å². The van der Waals surface area contributed by atoms with Crippen LogP contribution in [-0.2, 0) is 0 Å². The van der Waals surface area contributed by atoms with Crippen LogP contribution in [-0.4, -0.2) is 5.37 Å². The minimum absolute atomic E-state index is 0.928. The van der Waals surface area contributed by atoms with Crippen molar-refractivity contribution in [3.8, 4) is 0 Å². The second-order valence-electron chi connectivity index (χ2n) is 3.19. The van der Waals surface area contributed by atoms with Gasteiger partial charge in [-0.3, -0.25) is 0 Å². The van der Waals surface area contributed by atoms with Gasteiger partial charge in [-0.15, -0.1) is 0 Å². The van der Waals surface area contributed by atoms with Crippen LogP contribution in [0.25, 0.3) is 0 Å². The Bertz CT molecular complexity index is 98.7. The van der Waals surface area contributed by atoms with Crippen molar-refractivity contribution in [2.75, 3.05) is 0 Å². The van der Waals surface area contributed by atoms with Gasteiger partial charge in [-0.2, -0.15) is 0 Å². The summed E-state index contributed by atoms with van der Waals surface area (Å²) < 4.78 is 0. The summed E-state index contributed by atoms with van der Waals surface area (Å²) in [6, 6.07) is 0. The molecule has 0 bridgehead atoms. The lowest BCUT2D eigenvalue weighted by atomic mass is 10.0. The summed E-state index contributed by atoms with van der Waals surface area (Å²) in [6.45, 7) is 2.34. The van der Waals surface area contributed by atoms with E-state index < -0.39 is 0 Å². The molecule has 0 saturated heterocycles. The highest BCUT2D eigenvalue weighted by Gasteiger charge is 2.19. The lowest BCUT2D eigenvalue weighted by Gasteiger charge is -2.02. The average Bonchev–Trinajstić information content (AvgIpc) is 2.17. The highest BCUT2D eigenvalue weighted by molar-refractivity contribution is 7.78. The third-order valence-electron chi connectivity index (χ3n) is 2.23. The third-order valence-corrected chi connectivity index (χ3v) is 2.43. The first-order valence-corrected chi connectivity index (χ1v) is 4.23. The van der Waals surface area contributed by atoms with Crippen molar-refractivity contribution in [3.63, 3.8) is 0 Å². The molecule has 2 atom stereocenters. The van der Waals surface area contributed by atoms with E-state index >= 15 is 0 Å². The van der Waals surface area contributed by atoms with Crippen LogP contribution >= 0.6 is 12.2 Å². The molecular weight excluding hydrogens is 128 g/mol. The smallest absolute Gasteiger partial charge is 0.0208 e. The maximum absolute atomic E-state index is 4.80. The molecule has 1 heteroatoms. The van der Waals surface area contributed by atoms with Crippen molar-refractivity contribution in [1.29, 1.82) is 0 Å². The van der Waals surface area contributed by atoms with E-state index in [2.05, 4.69) is 6.92 Å². The fourth-order valence-electron chi connectivity index (χ4n) is 1.68. The van der Waals surface area contributed by atoms with Crippen molar-refractivity contribution < 1.29 is 0 Å². The van der Waals surface area contributed by atoms with E-state index in [9.17, 15) is 0 Å². The molecule has 0 radical (unpaired) electrons. The summed E-state index contributed by atoms with van der Waals surface area (Å²) in [5, 5.41) is 1.89. The molecule has 0 nitrogen and oxygen atoms in total. The van der Waals surface area contributed by atoms with Gasteiger partial charge >= 0.3 is 0 Å². The lowest BCUT2D eigenvalue weighted by molar-refractivity contribution is 0.536. The van der Waals surface area contributed by atoms with Crippen LogP contribution in [0.4, 0.5) is 0 Å². The lowest BCUT2D eigenvalue weighted by Crippen LogP contribution is -1.93. The quantitative estimate of drug-likeness (QED) is 0.534. The molecule has 0 N–H and O–H groups in total. The number of thiocarbonyl (C=S) groups is 1. The van der Waals surface area contributed by atoms with Gasteiger partial charge in [0.2, 0.25) is 0 Å². The highest BCUT2D eigenvalue weighted by Crippen LogP contribution is 2.31. The normalized spacial score (nSPS) is 34.8. The minimum Gasteiger partial charge on any atom is -0.0935 e. The second-order valence-corrected chi connectivity index (χ2v) is 3.52. The second kappa shape index (κ2) is 3.31. The molecule has 0 spiro atoms. The van der Waals surface area contributed by atoms with Crippen LogP contribution in [0.2, 0.25) is 0 Å². The molecule has 52 valence electrons. The molecule has 1 aliphatic carbocycles. The molecule has 1 saturated carbocycles. The Hall–Kier alpha value is 0.0900. The molecule has 0 amide bonds. The number of hydrogen-bond acceptors (Lipinski definition) is 1. The Labute approximate surface area is 62.6 Å². The summed E-state index contributed by atoms with van der Waals surface area (Å²) in [5.41, 5.74) is 0. The van der Waals surface area contributed by atoms with Crippen LogP contribution in [0.3, 0.4) is 0 Å². The first-order chi connectivity index (χ1) is 4.33. The topological polar surface area (TPSA) is 0 Å². The Kier molecular flexibility index (Phi) is 2.65. The molecule has 0 heterocycles. The molecule has 2 unspecified atom stereocenters. The van der Waals surface area contributed by atoms with Crippen molar-refractivity contribution in [2.24, 2.45) is 11.8 Å². The number of rotatable bonds is 2. The van der Waals surface area contributed by atoms with E-state index in [1.54, 1.807) is 0 Å². The molecule has 0 aliphatic heterocycles.